The Hall–Kier alpha value is -6.73. The van der Waals surface area contributed by atoms with Gasteiger partial charge >= 0.3 is 5.97 Å². The summed E-state index contributed by atoms with van der Waals surface area (Å²) in [6.45, 7) is 1.24. The van der Waals surface area contributed by atoms with E-state index in [0.717, 1.165) is 5.56 Å². The number of phenolic OH excluding ortho intramolecular Hbond substituents is 1. The molecule has 0 spiro atoms. The summed E-state index contributed by atoms with van der Waals surface area (Å²) in [6, 6.07) is 31.9. The fourth-order valence-electron chi connectivity index (χ4n) is 7.62. The summed E-state index contributed by atoms with van der Waals surface area (Å²) < 4.78 is 69.0. The van der Waals surface area contributed by atoms with Gasteiger partial charge in [0.2, 0.25) is 12.0 Å². The summed E-state index contributed by atoms with van der Waals surface area (Å²) in [4.78, 5) is 33.4. The third-order valence-corrected chi connectivity index (χ3v) is 13.9. The number of hydrogen-bond acceptors (Lipinski definition) is 15. The van der Waals surface area contributed by atoms with Crippen molar-refractivity contribution in [2.45, 2.75) is 50.8 Å². The Bertz CT molecular complexity index is 3250. The Kier molecular flexibility index (Phi) is 16.4. The highest BCUT2D eigenvalue weighted by molar-refractivity contribution is 7.85. The van der Waals surface area contributed by atoms with Gasteiger partial charge in [0, 0.05) is 23.1 Å². The molecule has 2 N–H and O–H groups in total. The molecule has 0 bridgehead atoms. The maximum absolute atomic E-state index is 14.2. The number of aromatic nitrogens is 4. The zero-order valence-corrected chi connectivity index (χ0v) is 41.3. The normalized spacial score (nSPS) is 12.4. The second kappa shape index (κ2) is 23.0. The van der Waals surface area contributed by atoms with Crippen molar-refractivity contribution in [3.05, 3.63) is 166 Å². The predicted molar refractivity (Wildman–Crippen MR) is 269 cm³/mol. The van der Waals surface area contributed by atoms with Gasteiger partial charge in [-0.05, 0) is 96.1 Å². The van der Waals surface area contributed by atoms with E-state index in [0.29, 0.717) is 71.5 Å². The summed E-state index contributed by atoms with van der Waals surface area (Å²) in [5, 5.41) is 21.7. The number of aryl methyl sites for hydroxylation is 1. The molecule has 71 heavy (non-hydrogen) atoms. The van der Waals surface area contributed by atoms with Crippen LogP contribution in [0.4, 0.5) is 4.39 Å². The second-order valence-corrected chi connectivity index (χ2v) is 19.4. The number of ether oxygens (including phenoxy) is 4. The highest BCUT2D eigenvalue weighted by Gasteiger charge is 2.29. The predicted octanol–water partition coefficient (Wildman–Crippen LogP) is 10.6. The number of aliphatic hydroxyl groups is 1. The van der Waals surface area contributed by atoms with Crippen molar-refractivity contribution < 1.29 is 50.9 Å². The molecule has 0 saturated heterocycles. The second-order valence-electron chi connectivity index (χ2n) is 16.0. The lowest BCUT2D eigenvalue weighted by atomic mass is 9.99. The molecule has 14 nitrogen and oxygen atoms in total. The van der Waals surface area contributed by atoms with Crippen molar-refractivity contribution in [2.24, 2.45) is 0 Å². The average molecular weight is 1040 g/mol. The van der Waals surface area contributed by atoms with E-state index in [2.05, 4.69) is 15.0 Å². The third kappa shape index (κ3) is 12.6. The van der Waals surface area contributed by atoms with E-state index >= 15 is 0 Å². The van der Waals surface area contributed by atoms with Crippen molar-refractivity contribution in [3.8, 4) is 56.1 Å². The number of benzene rings is 5. The van der Waals surface area contributed by atoms with E-state index in [9.17, 15) is 27.8 Å². The van der Waals surface area contributed by atoms with Gasteiger partial charge in [-0.15, -0.1) is 11.3 Å². The first kappa shape index (κ1) is 50.7. The summed E-state index contributed by atoms with van der Waals surface area (Å²) in [5.74, 6) is -0.423. The molecule has 19 heteroatoms. The number of methoxy groups -OCH3 is 1. The Labute approximate surface area is 422 Å². The van der Waals surface area contributed by atoms with Crippen LogP contribution in [-0.4, -0.2) is 77.1 Å². The minimum atomic E-state index is -3.97. The van der Waals surface area contributed by atoms with E-state index in [1.807, 2.05) is 30.3 Å². The smallest absolute Gasteiger partial charge is 0.347 e. The monoisotopic (exact) mass is 1040 g/mol. The fourth-order valence-corrected chi connectivity index (χ4v) is 10.3. The van der Waals surface area contributed by atoms with Gasteiger partial charge in [0.15, 0.2) is 11.6 Å². The third-order valence-electron chi connectivity index (χ3n) is 11.0. The number of hydrogen-bond donors (Lipinski definition) is 2. The van der Waals surface area contributed by atoms with E-state index in [1.165, 1.54) is 41.9 Å². The van der Waals surface area contributed by atoms with Crippen LogP contribution in [0.3, 0.4) is 0 Å². The van der Waals surface area contributed by atoms with Crippen LogP contribution in [0.15, 0.2) is 128 Å². The lowest BCUT2D eigenvalue weighted by Gasteiger charge is -2.20. The van der Waals surface area contributed by atoms with Crippen molar-refractivity contribution in [2.75, 3.05) is 20.3 Å². The van der Waals surface area contributed by atoms with Gasteiger partial charge in [0.25, 0.3) is 10.1 Å². The first-order valence-electron chi connectivity index (χ1n) is 22.1. The summed E-state index contributed by atoms with van der Waals surface area (Å²) in [5.41, 5.74) is 4.59. The van der Waals surface area contributed by atoms with Crippen LogP contribution in [0, 0.1) is 5.82 Å². The maximum Gasteiger partial charge on any atom is 0.347 e. The number of phenols is 1. The molecule has 0 amide bonds. The Morgan fingerprint density at radius 1 is 0.859 bits per heavy atom. The number of carbonyl (C=O) groups is 1. The fraction of sp³-hybridized carbons (Fsp3) is 0.212. The lowest BCUT2D eigenvalue weighted by Crippen LogP contribution is -2.32. The van der Waals surface area contributed by atoms with Crippen LogP contribution in [0.2, 0.25) is 10.0 Å². The van der Waals surface area contributed by atoms with Gasteiger partial charge in [0.1, 0.15) is 40.8 Å². The molecule has 366 valence electrons. The van der Waals surface area contributed by atoms with Crippen LogP contribution in [0.5, 0.6) is 23.1 Å². The number of fused-ring (bicyclic) bond motifs is 1. The number of aliphatic hydroxyl groups excluding tert-OH is 1. The lowest BCUT2D eigenvalue weighted by molar-refractivity contribution is -0.151. The molecular formula is C52H45Cl2FN4O10S2. The Morgan fingerprint density at radius 2 is 1.61 bits per heavy atom. The maximum atomic E-state index is 14.2. The van der Waals surface area contributed by atoms with Crippen LogP contribution >= 0.6 is 34.5 Å². The molecule has 2 atom stereocenters. The molecule has 0 radical (unpaired) electrons. The van der Waals surface area contributed by atoms with E-state index in [-0.39, 0.29) is 59.9 Å². The summed E-state index contributed by atoms with van der Waals surface area (Å²) >= 11 is 14.2. The number of aromatic hydroxyl groups is 1. The Morgan fingerprint density at radius 3 is 2.35 bits per heavy atom. The van der Waals surface area contributed by atoms with Gasteiger partial charge < -0.3 is 29.2 Å². The number of halogens is 3. The SMILES string of the molecule is CCOC(=O)[C@@H](Cc1cc(CC[C@H](O)COS(=O)(=O)Cc2ccccc2)ccc1OCc1ccnc(-c2ccccc2OC)n1)Oc1ncnc2sc(-c3ccc(F)cc3)c(-c3cc(Cl)c(O)c(Cl)c3)c12. The average Bonchev–Trinajstić information content (AvgIpc) is 3.77. The zero-order valence-electron chi connectivity index (χ0n) is 38.1. The summed E-state index contributed by atoms with van der Waals surface area (Å²) in [7, 11) is -2.41. The number of esters is 1. The molecule has 0 aliphatic heterocycles. The Balaban J connectivity index is 1.13. The molecule has 0 unspecified atom stereocenters. The van der Waals surface area contributed by atoms with E-state index in [1.54, 1.807) is 80.9 Å². The van der Waals surface area contributed by atoms with Gasteiger partial charge in [-0.1, -0.05) is 89.9 Å². The van der Waals surface area contributed by atoms with Gasteiger partial charge in [0.05, 0.1) is 53.1 Å². The van der Waals surface area contributed by atoms with Gasteiger partial charge in [-0.3, -0.25) is 4.18 Å². The first-order valence-corrected chi connectivity index (χ1v) is 25.3. The van der Waals surface area contributed by atoms with E-state index in [4.69, 9.17) is 51.3 Å². The molecule has 8 rings (SSSR count). The number of nitrogens with zero attached hydrogens (tertiary/aromatic N) is 4. The minimum absolute atomic E-state index is 0.00167. The molecule has 0 aliphatic rings. The summed E-state index contributed by atoms with van der Waals surface area (Å²) in [6.07, 6.45) is 0.731. The van der Waals surface area contributed by atoms with Crippen molar-refractivity contribution in [3.63, 3.8) is 0 Å². The molecule has 3 heterocycles. The highest BCUT2D eigenvalue weighted by Crippen LogP contribution is 2.49. The van der Waals surface area contributed by atoms with Crippen molar-refractivity contribution in [1.82, 2.24) is 19.9 Å². The number of carbonyl (C=O) groups excluding carboxylic acids is 1. The molecule has 3 aromatic heterocycles. The van der Waals surface area contributed by atoms with Crippen LogP contribution < -0.4 is 14.2 Å². The molecule has 0 fully saturated rings. The largest absolute Gasteiger partial charge is 0.505 e. The molecule has 8 aromatic rings. The molecular weight excluding hydrogens is 995 g/mol. The number of thiophene rings is 1. The van der Waals surface area contributed by atoms with Gasteiger partial charge in [-0.25, -0.2) is 29.1 Å². The molecule has 0 saturated carbocycles. The van der Waals surface area contributed by atoms with Gasteiger partial charge in [-0.2, -0.15) is 8.42 Å². The van der Waals surface area contributed by atoms with Crippen LogP contribution in [0.25, 0.3) is 43.2 Å². The molecule has 5 aromatic carbocycles. The standard InChI is InChI=1S/C52H45Cl2FN4O10S2/c1-3-66-52(62)44(69-50-46-45(35-24-40(53)47(61)41(54)25-35)48(70-51(46)58-30-57-50)33-15-17-36(55)18-16-33)26-34-23-31(13-19-38(60)28-68-71(63,64)29-32-9-5-4-6-10-32)14-20-42(34)67-27-37-21-22-56-49(59-37)39-11-7-8-12-43(39)65-2/h4-12,14-18,20-25,30,38,44,60-61H,3,13,19,26-29H2,1-2H3/t38-,44+/m0/s1. The van der Waals surface area contributed by atoms with Crippen molar-refractivity contribution >= 4 is 60.8 Å². The zero-order chi connectivity index (χ0) is 50.1. The quantitative estimate of drug-likeness (QED) is 0.0511. The van der Waals surface area contributed by atoms with E-state index < -0.39 is 40.7 Å². The number of rotatable bonds is 21. The van der Waals surface area contributed by atoms with Crippen LogP contribution in [-0.2, 0) is 49.0 Å². The topological polar surface area (TPSA) is 189 Å². The number of para-hydroxylation sites is 1. The minimum Gasteiger partial charge on any atom is -0.505 e. The highest BCUT2D eigenvalue weighted by atomic mass is 35.5. The van der Waals surface area contributed by atoms with Crippen molar-refractivity contribution in [1.29, 1.82) is 0 Å². The van der Waals surface area contributed by atoms with Crippen LogP contribution in [0.1, 0.15) is 35.7 Å². The molecule has 0 aliphatic carbocycles. The first-order chi connectivity index (χ1) is 34.3.